The summed E-state index contributed by atoms with van der Waals surface area (Å²) in [6.45, 7) is 0. The van der Waals surface area contributed by atoms with Gasteiger partial charge >= 0.3 is 0 Å². The van der Waals surface area contributed by atoms with Crippen molar-refractivity contribution in [3.05, 3.63) is 64.0 Å². The van der Waals surface area contributed by atoms with E-state index in [0.29, 0.717) is 22.6 Å². The number of nitrogens with one attached hydrogen (secondary N) is 1. The van der Waals surface area contributed by atoms with E-state index in [1.165, 1.54) is 7.11 Å². The molecule has 0 bridgehead atoms. The number of phenols is 1. The number of H-pyrrole nitrogens is 1. The number of allylic oxidation sites excluding steroid dienone is 1. The molecule has 1 aliphatic heterocycles. The second-order valence-corrected chi connectivity index (χ2v) is 6.93. The number of phenolic OH excluding ortho intramolecular Hbond substituents is 1. The number of nitriles is 1. The first-order chi connectivity index (χ1) is 14.5. The van der Waals surface area contributed by atoms with E-state index in [9.17, 15) is 10.4 Å². The predicted octanol–water partition coefficient (Wildman–Crippen LogP) is 3.67. The summed E-state index contributed by atoms with van der Waals surface area (Å²) >= 11 is 6.21. The van der Waals surface area contributed by atoms with Crippen LogP contribution in [0, 0.1) is 11.3 Å². The van der Waals surface area contributed by atoms with Crippen molar-refractivity contribution < 1.29 is 19.3 Å². The lowest BCUT2D eigenvalue weighted by Crippen LogP contribution is -2.21. The molecule has 8 nitrogen and oxygen atoms in total. The summed E-state index contributed by atoms with van der Waals surface area (Å²) in [5.74, 6) is 0.263. The normalized spacial score (nSPS) is 15.2. The number of aromatic hydroxyl groups is 1. The Morgan fingerprint density at radius 2 is 1.97 bits per heavy atom. The Morgan fingerprint density at radius 1 is 1.23 bits per heavy atom. The van der Waals surface area contributed by atoms with Gasteiger partial charge in [0, 0.05) is 5.56 Å². The van der Waals surface area contributed by atoms with Crippen LogP contribution < -0.4 is 19.9 Å². The molecule has 0 saturated heterocycles. The Bertz CT molecular complexity index is 1190. The van der Waals surface area contributed by atoms with Gasteiger partial charge in [-0.1, -0.05) is 11.6 Å². The molecule has 0 amide bonds. The summed E-state index contributed by atoms with van der Waals surface area (Å²) in [7, 11) is 3.01. The summed E-state index contributed by atoms with van der Waals surface area (Å²) in [6.07, 6.45) is 0. The largest absolute Gasteiger partial charge is 0.503 e. The fourth-order valence-corrected chi connectivity index (χ4v) is 3.69. The lowest BCUT2D eigenvalue weighted by molar-refractivity contribution is 0.371. The van der Waals surface area contributed by atoms with E-state index in [1.54, 1.807) is 19.2 Å². The average Bonchev–Trinajstić information content (AvgIpc) is 3.17. The highest BCUT2D eigenvalue weighted by Gasteiger charge is 2.36. The van der Waals surface area contributed by atoms with Gasteiger partial charge in [0.05, 0.1) is 36.4 Å². The first-order valence-electron chi connectivity index (χ1n) is 8.85. The van der Waals surface area contributed by atoms with Gasteiger partial charge in [-0.05, 0) is 42.0 Å². The van der Waals surface area contributed by atoms with Crippen molar-refractivity contribution in [1.82, 2.24) is 10.2 Å². The minimum atomic E-state index is -0.637. The molecule has 1 atom stereocenters. The molecular formula is C21H17ClN4O4. The molecule has 3 aromatic rings. The van der Waals surface area contributed by atoms with E-state index in [1.807, 2.05) is 24.3 Å². The summed E-state index contributed by atoms with van der Waals surface area (Å²) < 4.78 is 16.0. The average molecular weight is 425 g/mol. The van der Waals surface area contributed by atoms with Crippen LogP contribution in [0.25, 0.3) is 11.3 Å². The minimum Gasteiger partial charge on any atom is -0.503 e. The van der Waals surface area contributed by atoms with Gasteiger partial charge < -0.3 is 25.1 Å². The number of rotatable bonds is 4. The van der Waals surface area contributed by atoms with Crippen LogP contribution in [0.15, 0.2) is 47.9 Å². The zero-order chi connectivity index (χ0) is 21.4. The van der Waals surface area contributed by atoms with E-state index in [2.05, 4.69) is 16.3 Å². The molecule has 1 aliphatic rings. The van der Waals surface area contributed by atoms with Crippen LogP contribution in [0.1, 0.15) is 17.0 Å². The molecule has 152 valence electrons. The van der Waals surface area contributed by atoms with E-state index in [-0.39, 0.29) is 33.9 Å². The third-order valence-corrected chi connectivity index (χ3v) is 5.21. The van der Waals surface area contributed by atoms with Crippen molar-refractivity contribution in [1.29, 1.82) is 5.26 Å². The number of nitrogens with zero attached hydrogens (tertiary/aromatic N) is 2. The van der Waals surface area contributed by atoms with E-state index in [0.717, 1.165) is 5.56 Å². The van der Waals surface area contributed by atoms with Gasteiger partial charge in [0.15, 0.2) is 11.5 Å². The smallest absolute Gasteiger partial charge is 0.244 e. The maximum Gasteiger partial charge on any atom is 0.244 e. The number of ether oxygens (including phenoxy) is 3. The number of nitrogens with two attached hydrogens (primary N) is 1. The third-order valence-electron chi connectivity index (χ3n) is 4.92. The Hall–Kier alpha value is -3.83. The number of aromatic nitrogens is 2. The van der Waals surface area contributed by atoms with Gasteiger partial charge in [0.25, 0.3) is 0 Å². The maximum absolute atomic E-state index is 10.1. The van der Waals surface area contributed by atoms with Crippen LogP contribution >= 0.6 is 11.6 Å². The van der Waals surface area contributed by atoms with Gasteiger partial charge in [0.2, 0.25) is 11.8 Å². The topological polar surface area (TPSA) is 126 Å². The second kappa shape index (κ2) is 7.54. The number of halogens is 1. The Kier molecular flexibility index (Phi) is 4.90. The van der Waals surface area contributed by atoms with Crippen molar-refractivity contribution in [3.8, 4) is 40.5 Å². The molecule has 1 unspecified atom stereocenters. The molecule has 2 heterocycles. The van der Waals surface area contributed by atoms with Crippen molar-refractivity contribution in [2.45, 2.75) is 5.92 Å². The maximum atomic E-state index is 10.1. The van der Waals surface area contributed by atoms with Crippen LogP contribution in [0.2, 0.25) is 5.02 Å². The van der Waals surface area contributed by atoms with Crippen LogP contribution in [-0.2, 0) is 0 Å². The Balaban J connectivity index is 1.94. The highest BCUT2D eigenvalue weighted by molar-refractivity contribution is 6.32. The number of fused-ring (bicyclic) bond motifs is 1. The quantitative estimate of drug-likeness (QED) is 0.583. The molecule has 4 rings (SSSR count). The van der Waals surface area contributed by atoms with Crippen molar-refractivity contribution in [3.63, 3.8) is 0 Å². The van der Waals surface area contributed by atoms with Crippen LogP contribution in [0.4, 0.5) is 0 Å². The first kappa shape index (κ1) is 19.5. The molecule has 9 heteroatoms. The van der Waals surface area contributed by atoms with Gasteiger partial charge in [-0.15, -0.1) is 5.10 Å². The standard InChI is InChI=1S/C21H17ClN4O4/c1-28-12-5-3-10(4-6-12)18-17-16(11-7-14(22)19(27)15(8-11)29-2)13(9-23)20(24)30-21(17)26-25-18/h3-8,16,27H,24H2,1-2H3,(H,25,26). The fraction of sp³-hybridized carbons (Fsp3) is 0.143. The molecule has 0 radical (unpaired) electrons. The van der Waals surface area contributed by atoms with E-state index < -0.39 is 5.92 Å². The Labute approximate surface area is 177 Å². The lowest BCUT2D eigenvalue weighted by Gasteiger charge is -2.24. The summed E-state index contributed by atoms with van der Waals surface area (Å²) in [4.78, 5) is 0. The summed E-state index contributed by atoms with van der Waals surface area (Å²) in [5.41, 5.74) is 8.88. The number of aromatic amines is 1. The molecule has 4 N–H and O–H groups in total. The second-order valence-electron chi connectivity index (χ2n) is 6.52. The number of benzene rings is 2. The predicted molar refractivity (Wildman–Crippen MR) is 110 cm³/mol. The number of hydrogen-bond donors (Lipinski definition) is 3. The molecule has 0 aliphatic carbocycles. The summed E-state index contributed by atoms with van der Waals surface area (Å²) in [5, 5.41) is 27.2. The molecule has 1 aromatic heterocycles. The number of hydrogen-bond acceptors (Lipinski definition) is 7. The minimum absolute atomic E-state index is 0.0501. The van der Waals surface area contributed by atoms with E-state index in [4.69, 9.17) is 31.5 Å². The molecule has 0 saturated carbocycles. The molecule has 2 aromatic carbocycles. The van der Waals surface area contributed by atoms with Crippen LogP contribution in [0.3, 0.4) is 0 Å². The lowest BCUT2D eigenvalue weighted by atomic mass is 9.83. The fourth-order valence-electron chi connectivity index (χ4n) is 3.47. The Morgan fingerprint density at radius 3 is 2.60 bits per heavy atom. The molecule has 0 spiro atoms. The van der Waals surface area contributed by atoms with Crippen molar-refractivity contribution >= 4 is 11.6 Å². The zero-order valence-corrected chi connectivity index (χ0v) is 16.8. The summed E-state index contributed by atoms with van der Waals surface area (Å²) in [6, 6.07) is 12.7. The third kappa shape index (κ3) is 3.06. The van der Waals surface area contributed by atoms with Crippen molar-refractivity contribution in [2.24, 2.45) is 5.73 Å². The van der Waals surface area contributed by atoms with Gasteiger partial charge in [-0.2, -0.15) is 5.26 Å². The molecular weight excluding hydrogens is 408 g/mol. The zero-order valence-electron chi connectivity index (χ0n) is 16.1. The van der Waals surface area contributed by atoms with E-state index >= 15 is 0 Å². The highest BCUT2D eigenvalue weighted by Crippen LogP contribution is 2.48. The first-order valence-corrected chi connectivity index (χ1v) is 9.23. The van der Waals surface area contributed by atoms with Crippen LogP contribution in [0.5, 0.6) is 23.1 Å². The SMILES string of the molecule is COc1ccc(-c2[nH]nc3c2C(c2cc(Cl)c(O)c(OC)c2)C(C#N)=C(N)O3)cc1. The number of methoxy groups -OCH3 is 2. The highest BCUT2D eigenvalue weighted by atomic mass is 35.5. The molecule has 0 fully saturated rings. The van der Waals surface area contributed by atoms with Crippen LogP contribution in [-0.4, -0.2) is 29.5 Å². The molecule has 30 heavy (non-hydrogen) atoms. The monoisotopic (exact) mass is 424 g/mol. The van der Waals surface area contributed by atoms with Gasteiger partial charge in [0.1, 0.15) is 17.4 Å². The van der Waals surface area contributed by atoms with Crippen molar-refractivity contribution in [2.75, 3.05) is 14.2 Å². The van der Waals surface area contributed by atoms with Gasteiger partial charge in [-0.3, -0.25) is 5.10 Å². The van der Waals surface area contributed by atoms with Gasteiger partial charge in [-0.25, -0.2) is 0 Å².